The first-order valence-electron chi connectivity index (χ1n) is 6.63. The average molecular weight is 300 g/mol. The molecule has 0 aromatic carbocycles. The molecule has 0 heterocycles. The number of carbonyl (C=O) groups is 3. The smallest absolute Gasteiger partial charge is 0.408 e. The van der Waals surface area contributed by atoms with Gasteiger partial charge >= 0.3 is 12.1 Å². The lowest BCUT2D eigenvalue weighted by Crippen LogP contribution is -2.43. The summed E-state index contributed by atoms with van der Waals surface area (Å²) in [5, 5.41) is 11.3. The van der Waals surface area contributed by atoms with Crippen molar-refractivity contribution >= 4 is 18.0 Å². The van der Waals surface area contributed by atoms with Crippen LogP contribution in [0.4, 0.5) is 4.79 Å². The summed E-state index contributed by atoms with van der Waals surface area (Å²) >= 11 is 0. The average Bonchev–Trinajstić information content (AvgIpc) is 2.29. The summed E-state index contributed by atoms with van der Waals surface area (Å²) in [4.78, 5) is 35.3. The van der Waals surface area contributed by atoms with Gasteiger partial charge < -0.3 is 20.1 Å². The standard InChI is InChI=1S/C14H24N2O5/c1-14(2,3)21-13(20)15-10(12(18)19)8-6-7-9-11(17)16(4)5/h7,9-10H,6,8H2,1-5H3,(H,15,20)(H,18,19)/b9-7+. The third kappa shape index (κ3) is 9.48. The second kappa shape index (κ2) is 8.28. The molecule has 0 aliphatic rings. The Labute approximate surface area is 124 Å². The molecule has 2 N–H and O–H groups in total. The van der Waals surface area contributed by atoms with Crippen molar-refractivity contribution in [2.24, 2.45) is 0 Å². The van der Waals surface area contributed by atoms with Gasteiger partial charge in [0.05, 0.1) is 0 Å². The van der Waals surface area contributed by atoms with Gasteiger partial charge in [-0.05, 0) is 39.7 Å². The van der Waals surface area contributed by atoms with Crippen LogP contribution >= 0.6 is 0 Å². The molecule has 0 rings (SSSR count). The van der Waals surface area contributed by atoms with E-state index in [-0.39, 0.29) is 12.3 Å². The molecule has 7 heteroatoms. The Balaban J connectivity index is 4.36. The number of rotatable bonds is 6. The summed E-state index contributed by atoms with van der Waals surface area (Å²) in [6.45, 7) is 5.08. The van der Waals surface area contributed by atoms with E-state index in [0.29, 0.717) is 6.42 Å². The highest BCUT2D eigenvalue weighted by Crippen LogP contribution is 2.08. The largest absolute Gasteiger partial charge is 0.480 e. The van der Waals surface area contributed by atoms with Crippen LogP contribution < -0.4 is 5.32 Å². The Morgan fingerprint density at radius 3 is 2.29 bits per heavy atom. The van der Waals surface area contributed by atoms with Gasteiger partial charge in [-0.2, -0.15) is 0 Å². The fraction of sp³-hybridized carbons (Fsp3) is 0.643. The minimum Gasteiger partial charge on any atom is -0.480 e. The fourth-order valence-electron chi connectivity index (χ4n) is 1.30. The van der Waals surface area contributed by atoms with Gasteiger partial charge in [0.15, 0.2) is 0 Å². The van der Waals surface area contributed by atoms with Gasteiger partial charge in [0.1, 0.15) is 11.6 Å². The Kier molecular flexibility index (Phi) is 7.48. The highest BCUT2D eigenvalue weighted by Gasteiger charge is 2.23. The Hall–Kier alpha value is -2.05. The number of carbonyl (C=O) groups excluding carboxylic acids is 2. The summed E-state index contributed by atoms with van der Waals surface area (Å²) in [5.41, 5.74) is -0.689. The van der Waals surface area contributed by atoms with E-state index in [1.54, 1.807) is 40.9 Å². The Morgan fingerprint density at radius 1 is 1.29 bits per heavy atom. The molecule has 0 aliphatic carbocycles. The number of carboxylic acids is 1. The van der Waals surface area contributed by atoms with Crippen LogP contribution in [0.25, 0.3) is 0 Å². The van der Waals surface area contributed by atoms with Crippen molar-refractivity contribution in [3.05, 3.63) is 12.2 Å². The Morgan fingerprint density at radius 2 is 1.86 bits per heavy atom. The lowest BCUT2D eigenvalue weighted by Gasteiger charge is -2.21. The summed E-state index contributed by atoms with van der Waals surface area (Å²) in [5.74, 6) is -1.32. The van der Waals surface area contributed by atoms with Gasteiger partial charge in [-0.3, -0.25) is 4.79 Å². The molecule has 0 radical (unpaired) electrons. The van der Waals surface area contributed by atoms with Crippen molar-refractivity contribution < 1.29 is 24.2 Å². The monoisotopic (exact) mass is 300 g/mol. The maximum absolute atomic E-state index is 11.5. The van der Waals surface area contributed by atoms with Crippen LogP contribution in [-0.2, 0) is 14.3 Å². The third-order valence-electron chi connectivity index (χ3n) is 2.31. The molecular formula is C14H24N2O5. The SMILES string of the molecule is CN(C)C(=O)/C=C/CCC(NC(=O)OC(C)(C)C)C(=O)O. The van der Waals surface area contributed by atoms with Gasteiger partial charge in [-0.15, -0.1) is 0 Å². The van der Waals surface area contributed by atoms with Crippen molar-refractivity contribution in [3.8, 4) is 0 Å². The molecule has 0 saturated heterocycles. The van der Waals surface area contributed by atoms with Crippen LogP contribution in [0.2, 0.25) is 0 Å². The summed E-state index contributed by atoms with van der Waals surface area (Å²) < 4.78 is 5.00. The molecule has 0 spiro atoms. The van der Waals surface area contributed by atoms with Crippen molar-refractivity contribution in [2.75, 3.05) is 14.1 Å². The van der Waals surface area contributed by atoms with Gasteiger partial charge in [0.25, 0.3) is 0 Å². The van der Waals surface area contributed by atoms with Crippen LogP contribution in [-0.4, -0.2) is 53.7 Å². The first-order chi connectivity index (χ1) is 9.53. The van der Waals surface area contributed by atoms with E-state index in [4.69, 9.17) is 9.84 Å². The molecule has 0 fully saturated rings. The van der Waals surface area contributed by atoms with Crippen molar-refractivity contribution in [1.29, 1.82) is 0 Å². The number of likely N-dealkylation sites (N-methyl/N-ethyl adjacent to an activating group) is 1. The van der Waals surface area contributed by atoms with Crippen molar-refractivity contribution in [3.63, 3.8) is 0 Å². The van der Waals surface area contributed by atoms with E-state index in [0.717, 1.165) is 0 Å². The molecular weight excluding hydrogens is 276 g/mol. The predicted octanol–water partition coefficient (Wildman–Crippen LogP) is 1.39. The number of allylic oxidation sites excluding steroid dienone is 1. The zero-order valence-corrected chi connectivity index (χ0v) is 13.2. The summed E-state index contributed by atoms with van der Waals surface area (Å²) in [7, 11) is 3.24. The fourth-order valence-corrected chi connectivity index (χ4v) is 1.30. The van der Waals surface area contributed by atoms with Crippen LogP contribution in [0.1, 0.15) is 33.6 Å². The molecule has 0 aromatic rings. The molecule has 2 amide bonds. The number of hydrogen-bond donors (Lipinski definition) is 2. The number of aliphatic carboxylic acids is 1. The molecule has 0 aliphatic heterocycles. The molecule has 0 saturated carbocycles. The second-order valence-electron chi connectivity index (χ2n) is 5.75. The minimum atomic E-state index is -1.15. The maximum Gasteiger partial charge on any atom is 0.408 e. The Bertz CT molecular complexity index is 410. The maximum atomic E-state index is 11.5. The van der Waals surface area contributed by atoms with Gasteiger partial charge in [0.2, 0.25) is 5.91 Å². The number of carboxylic acid groups (broad SMARTS) is 1. The molecule has 1 atom stereocenters. The highest BCUT2D eigenvalue weighted by molar-refractivity contribution is 5.87. The van der Waals surface area contributed by atoms with E-state index in [1.165, 1.54) is 11.0 Å². The molecule has 7 nitrogen and oxygen atoms in total. The van der Waals surface area contributed by atoms with Gasteiger partial charge in [0, 0.05) is 14.1 Å². The normalized spacial score (nSPS) is 12.8. The quantitative estimate of drug-likeness (QED) is 0.723. The first-order valence-corrected chi connectivity index (χ1v) is 6.63. The zero-order chi connectivity index (χ0) is 16.6. The van der Waals surface area contributed by atoms with E-state index < -0.39 is 23.7 Å². The summed E-state index contributed by atoms with van der Waals surface area (Å²) in [6, 6.07) is -1.06. The van der Waals surface area contributed by atoms with Crippen molar-refractivity contribution in [2.45, 2.75) is 45.3 Å². The lowest BCUT2D eigenvalue weighted by atomic mass is 10.1. The zero-order valence-electron chi connectivity index (χ0n) is 13.2. The van der Waals surface area contributed by atoms with E-state index >= 15 is 0 Å². The third-order valence-corrected chi connectivity index (χ3v) is 2.31. The molecule has 120 valence electrons. The predicted molar refractivity (Wildman–Crippen MR) is 77.9 cm³/mol. The second-order valence-corrected chi connectivity index (χ2v) is 5.75. The molecule has 1 unspecified atom stereocenters. The number of nitrogens with zero attached hydrogens (tertiary/aromatic N) is 1. The van der Waals surface area contributed by atoms with E-state index in [1.807, 2.05) is 0 Å². The molecule has 21 heavy (non-hydrogen) atoms. The number of ether oxygens (including phenoxy) is 1. The van der Waals surface area contributed by atoms with E-state index in [9.17, 15) is 14.4 Å². The van der Waals surface area contributed by atoms with Gasteiger partial charge in [-0.1, -0.05) is 6.08 Å². The summed E-state index contributed by atoms with van der Waals surface area (Å²) in [6.07, 6.45) is 2.70. The highest BCUT2D eigenvalue weighted by atomic mass is 16.6. The van der Waals surface area contributed by atoms with Crippen LogP contribution in [0.5, 0.6) is 0 Å². The first kappa shape index (κ1) is 18.9. The number of amides is 2. The van der Waals surface area contributed by atoms with Crippen LogP contribution in [0.15, 0.2) is 12.2 Å². The van der Waals surface area contributed by atoms with E-state index in [2.05, 4.69) is 5.32 Å². The topological polar surface area (TPSA) is 95.9 Å². The van der Waals surface area contributed by atoms with Crippen molar-refractivity contribution in [1.82, 2.24) is 10.2 Å². The number of nitrogens with one attached hydrogen (secondary N) is 1. The molecule has 0 aromatic heterocycles. The van der Waals surface area contributed by atoms with Gasteiger partial charge in [-0.25, -0.2) is 9.59 Å². The minimum absolute atomic E-state index is 0.172. The number of alkyl carbamates (subject to hydrolysis) is 1. The van der Waals surface area contributed by atoms with Crippen LogP contribution in [0.3, 0.4) is 0 Å². The molecule has 0 bridgehead atoms. The number of hydrogen-bond acceptors (Lipinski definition) is 4. The lowest BCUT2D eigenvalue weighted by molar-refractivity contribution is -0.139. The van der Waals surface area contributed by atoms with Crippen LogP contribution in [0, 0.1) is 0 Å².